The van der Waals surface area contributed by atoms with E-state index >= 15 is 0 Å². The minimum absolute atomic E-state index is 0.00853. The number of anilines is 1. The van der Waals surface area contributed by atoms with Crippen LogP contribution in [0.15, 0.2) is 12.1 Å². The van der Waals surface area contributed by atoms with Gasteiger partial charge < -0.3 is 5.32 Å². The van der Waals surface area contributed by atoms with Crippen LogP contribution in [0.25, 0.3) is 0 Å². The highest BCUT2D eigenvalue weighted by Gasteiger charge is 2.26. The van der Waals surface area contributed by atoms with Gasteiger partial charge in [0.15, 0.2) is 0 Å². The van der Waals surface area contributed by atoms with Gasteiger partial charge in [-0.15, -0.1) is 0 Å². The number of nitrogens with one attached hydrogen (secondary N) is 1. The average Bonchev–Trinajstić information content (AvgIpc) is 2.27. The van der Waals surface area contributed by atoms with Crippen molar-refractivity contribution in [3.63, 3.8) is 0 Å². The summed E-state index contributed by atoms with van der Waals surface area (Å²) in [4.78, 5) is 10.1. The summed E-state index contributed by atoms with van der Waals surface area (Å²) in [7, 11) is 0. The highest BCUT2D eigenvalue weighted by atomic mass is 35.5. The van der Waals surface area contributed by atoms with Crippen LogP contribution in [-0.2, 0) is 0 Å². The highest BCUT2D eigenvalue weighted by molar-refractivity contribution is 6.42. The molecule has 0 fully saturated rings. The Hall–Kier alpha value is -1.21. The maximum Gasteiger partial charge on any atom is 0.389 e. The largest absolute Gasteiger partial charge is 0.389 e. The van der Waals surface area contributed by atoms with Crippen molar-refractivity contribution in [3.8, 4) is 0 Å². The van der Waals surface area contributed by atoms with E-state index in [1.54, 1.807) is 0 Å². The molecule has 0 aliphatic carbocycles. The highest BCUT2D eigenvalue weighted by Crippen LogP contribution is 2.34. The number of halogens is 5. The van der Waals surface area contributed by atoms with Gasteiger partial charge in [0.2, 0.25) is 0 Å². The van der Waals surface area contributed by atoms with Crippen molar-refractivity contribution in [3.05, 3.63) is 32.3 Å². The molecule has 0 radical (unpaired) electrons. The molecule has 0 spiro atoms. The van der Waals surface area contributed by atoms with E-state index in [0.29, 0.717) is 0 Å². The zero-order chi connectivity index (χ0) is 14.6. The van der Waals surface area contributed by atoms with E-state index < -0.39 is 17.5 Å². The van der Waals surface area contributed by atoms with Crippen molar-refractivity contribution in [2.24, 2.45) is 0 Å². The molecular weight excluding hydrogens is 308 g/mol. The van der Waals surface area contributed by atoms with Gasteiger partial charge in [-0.05, 0) is 12.5 Å². The average molecular weight is 317 g/mol. The topological polar surface area (TPSA) is 55.2 Å². The summed E-state index contributed by atoms with van der Waals surface area (Å²) in [6, 6.07) is 2.27. The Balaban J connectivity index is 2.72. The number of benzene rings is 1. The Labute approximate surface area is 116 Å². The molecule has 0 atom stereocenters. The van der Waals surface area contributed by atoms with E-state index in [-0.39, 0.29) is 34.4 Å². The molecule has 0 amide bonds. The van der Waals surface area contributed by atoms with E-state index in [1.807, 2.05) is 0 Å². The van der Waals surface area contributed by atoms with Crippen LogP contribution in [0.1, 0.15) is 12.8 Å². The second-order valence-corrected chi connectivity index (χ2v) is 4.50. The first-order valence-corrected chi connectivity index (χ1v) is 5.90. The fourth-order valence-electron chi connectivity index (χ4n) is 1.34. The van der Waals surface area contributed by atoms with Crippen LogP contribution in [0.2, 0.25) is 10.0 Å². The lowest BCUT2D eigenvalue weighted by Gasteiger charge is -2.09. The summed E-state index contributed by atoms with van der Waals surface area (Å²) in [5.74, 6) is 0. The van der Waals surface area contributed by atoms with Crippen LogP contribution in [0.3, 0.4) is 0 Å². The molecule has 1 aromatic carbocycles. The molecule has 1 aromatic rings. The van der Waals surface area contributed by atoms with Crippen molar-refractivity contribution >= 4 is 34.6 Å². The molecule has 1 rings (SSSR count). The molecule has 0 aliphatic heterocycles. The van der Waals surface area contributed by atoms with Crippen LogP contribution >= 0.6 is 23.2 Å². The van der Waals surface area contributed by atoms with Gasteiger partial charge in [0.1, 0.15) is 5.69 Å². The molecule has 0 aromatic heterocycles. The third-order valence-corrected chi connectivity index (χ3v) is 2.91. The molecule has 19 heavy (non-hydrogen) atoms. The number of alkyl halides is 3. The van der Waals surface area contributed by atoms with Gasteiger partial charge in [0, 0.05) is 19.0 Å². The monoisotopic (exact) mass is 316 g/mol. The zero-order valence-corrected chi connectivity index (χ0v) is 10.9. The van der Waals surface area contributed by atoms with Crippen LogP contribution in [0, 0.1) is 10.1 Å². The van der Waals surface area contributed by atoms with Crippen molar-refractivity contribution in [1.82, 2.24) is 0 Å². The van der Waals surface area contributed by atoms with E-state index in [4.69, 9.17) is 23.2 Å². The summed E-state index contributed by atoms with van der Waals surface area (Å²) >= 11 is 11.3. The molecular formula is C10H9Cl2F3N2O2. The number of nitro benzene ring substituents is 1. The SMILES string of the molecule is O=[N+]([O-])c1cc(Cl)c(Cl)cc1NCCCC(F)(F)F. The molecule has 0 saturated carbocycles. The number of nitrogens with zero attached hydrogens (tertiary/aromatic N) is 1. The van der Waals surface area contributed by atoms with Crippen molar-refractivity contribution in [2.75, 3.05) is 11.9 Å². The predicted molar refractivity (Wildman–Crippen MR) is 66.9 cm³/mol. The third kappa shape index (κ3) is 5.12. The van der Waals surface area contributed by atoms with Gasteiger partial charge in [0.05, 0.1) is 15.0 Å². The van der Waals surface area contributed by atoms with Crippen molar-refractivity contribution in [1.29, 1.82) is 0 Å². The second kappa shape index (κ2) is 6.29. The Morgan fingerprint density at radius 3 is 2.37 bits per heavy atom. The molecule has 0 saturated heterocycles. The molecule has 4 nitrogen and oxygen atoms in total. The van der Waals surface area contributed by atoms with Gasteiger partial charge >= 0.3 is 6.18 Å². The van der Waals surface area contributed by atoms with E-state index in [0.717, 1.165) is 6.07 Å². The summed E-state index contributed by atoms with van der Waals surface area (Å²) in [6.07, 6.45) is -5.40. The maximum absolute atomic E-state index is 11.9. The Morgan fingerprint density at radius 2 is 1.84 bits per heavy atom. The maximum atomic E-state index is 11.9. The quantitative estimate of drug-likeness (QED) is 0.488. The molecule has 0 unspecified atom stereocenters. The molecule has 1 N–H and O–H groups in total. The Bertz CT molecular complexity index is 481. The molecule has 0 bridgehead atoms. The zero-order valence-electron chi connectivity index (χ0n) is 9.43. The summed E-state index contributed by atoms with van der Waals surface area (Å²) < 4.78 is 35.8. The molecule has 9 heteroatoms. The summed E-state index contributed by atoms with van der Waals surface area (Å²) in [5.41, 5.74) is -0.289. The first-order valence-electron chi connectivity index (χ1n) is 5.15. The first-order chi connectivity index (χ1) is 8.70. The van der Waals surface area contributed by atoms with Crippen molar-refractivity contribution in [2.45, 2.75) is 19.0 Å². The van der Waals surface area contributed by atoms with Gasteiger partial charge in [-0.3, -0.25) is 10.1 Å². The van der Waals surface area contributed by atoms with Gasteiger partial charge in [0.25, 0.3) is 5.69 Å². The van der Waals surface area contributed by atoms with Crippen molar-refractivity contribution < 1.29 is 18.1 Å². The number of rotatable bonds is 5. The predicted octanol–water partition coefficient (Wildman–Crippen LogP) is 4.66. The molecule has 0 aliphatic rings. The third-order valence-electron chi connectivity index (χ3n) is 2.19. The van der Waals surface area contributed by atoms with Crippen LogP contribution in [0.5, 0.6) is 0 Å². The van der Waals surface area contributed by atoms with Crippen LogP contribution < -0.4 is 5.32 Å². The molecule has 0 heterocycles. The first kappa shape index (κ1) is 15.8. The smallest absolute Gasteiger partial charge is 0.379 e. The molecule has 106 valence electrons. The van der Waals surface area contributed by atoms with E-state index in [1.165, 1.54) is 6.07 Å². The fourth-order valence-corrected chi connectivity index (χ4v) is 1.66. The number of nitro groups is 1. The minimum Gasteiger partial charge on any atom is -0.379 e. The van der Waals surface area contributed by atoms with Gasteiger partial charge in [-0.1, -0.05) is 23.2 Å². The lowest BCUT2D eigenvalue weighted by atomic mass is 10.2. The standard InChI is InChI=1S/C10H9Cl2F3N2O2/c11-6-4-8(9(17(18)19)5-7(6)12)16-3-1-2-10(13,14)15/h4-5,16H,1-3H2. The lowest BCUT2D eigenvalue weighted by molar-refractivity contribution is -0.383. The van der Waals surface area contributed by atoms with E-state index in [2.05, 4.69) is 5.32 Å². The lowest BCUT2D eigenvalue weighted by Crippen LogP contribution is -2.11. The number of hydrogen-bond acceptors (Lipinski definition) is 3. The Morgan fingerprint density at radius 1 is 1.26 bits per heavy atom. The normalized spacial score (nSPS) is 11.4. The van der Waals surface area contributed by atoms with Crippen LogP contribution in [-0.4, -0.2) is 17.6 Å². The van der Waals surface area contributed by atoms with Crippen LogP contribution in [0.4, 0.5) is 24.5 Å². The number of hydrogen-bond donors (Lipinski definition) is 1. The fraction of sp³-hybridized carbons (Fsp3) is 0.400. The summed E-state index contributed by atoms with van der Waals surface area (Å²) in [6.45, 7) is -0.0572. The minimum atomic E-state index is -4.24. The second-order valence-electron chi connectivity index (χ2n) is 3.69. The summed E-state index contributed by atoms with van der Waals surface area (Å²) in [5, 5.41) is 13.4. The Kier molecular flexibility index (Phi) is 5.25. The van der Waals surface area contributed by atoms with Gasteiger partial charge in [-0.25, -0.2) is 0 Å². The van der Waals surface area contributed by atoms with E-state index in [9.17, 15) is 23.3 Å². The van der Waals surface area contributed by atoms with Gasteiger partial charge in [-0.2, -0.15) is 13.2 Å².